The van der Waals surface area contributed by atoms with Crippen LogP contribution in [-0.4, -0.2) is 19.0 Å². The van der Waals surface area contributed by atoms with E-state index in [1.807, 2.05) is 12.1 Å². The molecular formula is C12H17BrN2O. The fraction of sp³-hybridized carbons (Fsp3) is 0.417. The molecule has 4 heteroatoms. The fourth-order valence-electron chi connectivity index (χ4n) is 1.40. The van der Waals surface area contributed by atoms with E-state index in [-0.39, 0.29) is 17.9 Å². The Morgan fingerprint density at radius 1 is 1.50 bits per heavy atom. The van der Waals surface area contributed by atoms with E-state index in [1.165, 1.54) is 5.56 Å². The number of nitrogens with one attached hydrogen (secondary N) is 1. The zero-order valence-electron chi connectivity index (χ0n) is 9.59. The average Bonchev–Trinajstić information content (AvgIpc) is 2.26. The number of hydrogen-bond donors (Lipinski definition) is 2. The normalized spacial score (nSPS) is 11.2. The molecule has 1 aromatic rings. The van der Waals surface area contributed by atoms with E-state index in [2.05, 4.69) is 47.2 Å². The zero-order chi connectivity index (χ0) is 12.2. The summed E-state index contributed by atoms with van der Waals surface area (Å²) in [6.45, 7) is 4.80. The first-order valence-electron chi connectivity index (χ1n) is 5.18. The van der Waals surface area contributed by atoms with Crippen LogP contribution in [-0.2, 0) is 10.2 Å². The summed E-state index contributed by atoms with van der Waals surface area (Å²) in [4.78, 5) is 11.1. The maximum absolute atomic E-state index is 11.1. The highest BCUT2D eigenvalue weighted by Gasteiger charge is 2.21. The molecule has 0 atom stereocenters. The molecule has 1 rings (SSSR count). The third kappa shape index (κ3) is 3.61. The maximum Gasteiger partial charge on any atom is 0.233 e. The second kappa shape index (κ2) is 5.46. The Hall–Kier alpha value is -0.870. The van der Waals surface area contributed by atoms with Crippen LogP contribution in [0.25, 0.3) is 0 Å². The molecule has 0 saturated heterocycles. The Kier molecular flexibility index (Phi) is 4.50. The first kappa shape index (κ1) is 13.2. The monoisotopic (exact) mass is 284 g/mol. The third-order valence-corrected chi connectivity index (χ3v) is 3.01. The van der Waals surface area contributed by atoms with Gasteiger partial charge in [0.2, 0.25) is 5.91 Å². The van der Waals surface area contributed by atoms with Crippen LogP contribution in [0.2, 0.25) is 0 Å². The molecule has 0 fully saturated rings. The van der Waals surface area contributed by atoms with Gasteiger partial charge in [-0.15, -0.1) is 0 Å². The van der Waals surface area contributed by atoms with E-state index in [4.69, 9.17) is 5.73 Å². The van der Waals surface area contributed by atoms with Crippen molar-refractivity contribution in [1.29, 1.82) is 0 Å². The van der Waals surface area contributed by atoms with Crippen molar-refractivity contribution in [3.63, 3.8) is 0 Å². The summed E-state index contributed by atoms with van der Waals surface area (Å²) in [7, 11) is 0. The van der Waals surface area contributed by atoms with Crippen molar-refractivity contribution in [1.82, 2.24) is 5.32 Å². The van der Waals surface area contributed by atoms with Gasteiger partial charge in [0.05, 0.1) is 6.54 Å². The van der Waals surface area contributed by atoms with Crippen molar-refractivity contribution in [3.8, 4) is 0 Å². The number of carbonyl (C=O) groups is 1. The minimum Gasteiger partial charge on any atom is -0.354 e. The summed E-state index contributed by atoms with van der Waals surface area (Å²) in [5.41, 5.74) is 6.32. The third-order valence-electron chi connectivity index (χ3n) is 2.52. The Balaban J connectivity index is 2.73. The van der Waals surface area contributed by atoms with E-state index in [1.54, 1.807) is 0 Å². The van der Waals surface area contributed by atoms with Gasteiger partial charge in [-0.2, -0.15) is 0 Å². The molecule has 88 valence electrons. The Morgan fingerprint density at radius 2 is 2.19 bits per heavy atom. The summed E-state index contributed by atoms with van der Waals surface area (Å²) >= 11 is 3.44. The van der Waals surface area contributed by atoms with Crippen LogP contribution in [0.5, 0.6) is 0 Å². The molecule has 1 amide bonds. The minimum absolute atomic E-state index is 0.0363. The van der Waals surface area contributed by atoms with Gasteiger partial charge in [-0.1, -0.05) is 41.9 Å². The predicted octanol–water partition coefficient (Wildman–Crippen LogP) is 1.80. The SMILES string of the molecule is CC(C)(CNC(=O)CN)c1cccc(Br)c1. The number of halogens is 1. The maximum atomic E-state index is 11.1. The molecule has 3 N–H and O–H groups in total. The highest BCUT2D eigenvalue weighted by atomic mass is 79.9. The lowest BCUT2D eigenvalue weighted by Crippen LogP contribution is -2.39. The fourth-order valence-corrected chi connectivity index (χ4v) is 1.80. The summed E-state index contributed by atoms with van der Waals surface area (Å²) in [6, 6.07) is 8.10. The molecule has 0 aliphatic rings. The Bertz CT molecular complexity index is 377. The molecule has 3 nitrogen and oxygen atoms in total. The molecule has 0 heterocycles. The summed E-state index contributed by atoms with van der Waals surface area (Å²) in [5.74, 6) is -0.122. The summed E-state index contributed by atoms with van der Waals surface area (Å²) in [6.07, 6.45) is 0. The van der Waals surface area contributed by atoms with Gasteiger partial charge in [-0.3, -0.25) is 4.79 Å². The van der Waals surface area contributed by atoms with Gasteiger partial charge >= 0.3 is 0 Å². The zero-order valence-corrected chi connectivity index (χ0v) is 11.2. The van der Waals surface area contributed by atoms with Crippen LogP contribution in [0.3, 0.4) is 0 Å². The van der Waals surface area contributed by atoms with Gasteiger partial charge in [0.15, 0.2) is 0 Å². The van der Waals surface area contributed by atoms with Gasteiger partial charge in [-0.25, -0.2) is 0 Å². The first-order chi connectivity index (χ1) is 7.45. The molecule has 0 aliphatic carbocycles. The van der Waals surface area contributed by atoms with Crippen LogP contribution in [0.1, 0.15) is 19.4 Å². The van der Waals surface area contributed by atoms with Crippen LogP contribution < -0.4 is 11.1 Å². The highest BCUT2D eigenvalue weighted by molar-refractivity contribution is 9.10. The van der Waals surface area contributed by atoms with Crippen molar-refractivity contribution in [2.75, 3.05) is 13.1 Å². The van der Waals surface area contributed by atoms with Crippen LogP contribution in [0, 0.1) is 0 Å². The number of carbonyl (C=O) groups excluding carboxylic acids is 1. The molecule has 0 aliphatic heterocycles. The predicted molar refractivity (Wildman–Crippen MR) is 69.2 cm³/mol. The number of hydrogen-bond acceptors (Lipinski definition) is 2. The lowest BCUT2D eigenvalue weighted by molar-refractivity contribution is -0.119. The van der Waals surface area contributed by atoms with E-state index in [0.717, 1.165) is 4.47 Å². The van der Waals surface area contributed by atoms with Crippen molar-refractivity contribution in [2.45, 2.75) is 19.3 Å². The summed E-state index contributed by atoms with van der Waals surface area (Å²) < 4.78 is 1.04. The Labute approximate surface area is 105 Å². The lowest BCUT2D eigenvalue weighted by atomic mass is 9.84. The van der Waals surface area contributed by atoms with Crippen LogP contribution in [0.4, 0.5) is 0 Å². The first-order valence-corrected chi connectivity index (χ1v) is 5.98. The van der Waals surface area contributed by atoms with Gasteiger partial charge < -0.3 is 11.1 Å². The van der Waals surface area contributed by atoms with Gasteiger partial charge in [0.1, 0.15) is 0 Å². The van der Waals surface area contributed by atoms with E-state index < -0.39 is 0 Å². The van der Waals surface area contributed by atoms with Crippen molar-refractivity contribution >= 4 is 21.8 Å². The quantitative estimate of drug-likeness (QED) is 0.886. The van der Waals surface area contributed by atoms with Crippen molar-refractivity contribution < 1.29 is 4.79 Å². The second-order valence-electron chi connectivity index (χ2n) is 4.38. The molecule has 0 saturated carbocycles. The number of benzene rings is 1. The number of rotatable bonds is 4. The van der Waals surface area contributed by atoms with E-state index in [0.29, 0.717) is 6.54 Å². The molecule has 0 spiro atoms. The molecule has 0 radical (unpaired) electrons. The molecule has 0 bridgehead atoms. The minimum atomic E-state index is -0.122. The van der Waals surface area contributed by atoms with Gasteiger partial charge in [0, 0.05) is 16.4 Å². The standard InChI is InChI=1S/C12H17BrN2O/c1-12(2,8-15-11(16)7-14)9-4-3-5-10(13)6-9/h3-6H,7-8,14H2,1-2H3,(H,15,16). The van der Waals surface area contributed by atoms with Crippen LogP contribution >= 0.6 is 15.9 Å². The van der Waals surface area contributed by atoms with Gasteiger partial charge in [0.25, 0.3) is 0 Å². The molecule has 16 heavy (non-hydrogen) atoms. The topological polar surface area (TPSA) is 55.1 Å². The highest BCUT2D eigenvalue weighted by Crippen LogP contribution is 2.24. The smallest absolute Gasteiger partial charge is 0.233 e. The number of amides is 1. The largest absolute Gasteiger partial charge is 0.354 e. The molecule has 1 aromatic carbocycles. The van der Waals surface area contributed by atoms with Crippen molar-refractivity contribution in [2.24, 2.45) is 5.73 Å². The van der Waals surface area contributed by atoms with Gasteiger partial charge in [-0.05, 0) is 17.7 Å². The average molecular weight is 285 g/mol. The molecular weight excluding hydrogens is 268 g/mol. The molecule has 0 aromatic heterocycles. The Morgan fingerprint density at radius 3 is 2.75 bits per heavy atom. The summed E-state index contributed by atoms with van der Waals surface area (Å²) in [5, 5.41) is 2.81. The lowest BCUT2D eigenvalue weighted by Gasteiger charge is -2.25. The van der Waals surface area contributed by atoms with Crippen LogP contribution in [0.15, 0.2) is 28.7 Å². The number of nitrogens with two attached hydrogens (primary N) is 1. The van der Waals surface area contributed by atoms with E-state index >= 15 is 0 Å². The molecule has 0 unspecified atom stereocenters. The van der Waals surface area contributed by atoms with E-state index in [9.17, 15) is 4.79 Å². The van der Waals surface area contributed by atoms with Crippen molar-refractivity contribution in [3.05, 3.63) is 34.3 Å². The second-order valence-corrected chi connectivity index (χ2v) is 5.29.